The number of fused-ring (bicyclic) bond motifs is 1. The number of nitrogens with one attached hydrogen (secondary N) is 2. The van der Waals surface area contributed by atoms with Gasteiger partial charge in [0.2, 0.25) is 0 Å². The minimum Gasteiger partial charge on any atom is -0.497 e. The van der Waals surface area contributed by atoms with Crippen LogP contribution in [0.2, 0.25) is 0 Å². The van der Waals surface area contributed by atoms with E-state index in [0.29, 0.717) is 12.2 Å². The van der Waals surface area contributed by atoms with Crippen LogP contribution in [0.3, 0.4) is 0 Å². The van der Waals surface area contributed by atoms with Gasteiger partial charge in [-0.05, 0) is 50.0 Å². The standard InChI is InChI=1S/C21H25N3O3/c1-24(2)20(15-6-5-7-16(10-15)26-3)13-22-21(25)19-11-14-8-9-17(27-4)12-18(14)23-19/h5-12,20,23H,13H2,1-4H3,(H,22,25). The van der Waals surface area contributed by atoms with E-state index in [4.69, 9.17) is 9.47 Å². The molecule has 0 spiro atoms. The molecule has 6 nitrogen and oxygen atoms in total. The number of H-pyrrole nitrogens is 1. The summed E-state index contributed by atoms with van der Waals surface area (Å²) in [5, 5.41) is 3.99. The zero-order chi connectivity index (χ0) is 19.4. The van der Waals surface area contributed by atoms with Crippen LogP contribution in [0.4, 0.5) is 0 Å². The lowest BCUT2D eigenvalue weighted by atomic mass is 10.1. The monoisotopic (exact) mass is 367 g/mol. The Balaban J connectivity index is 1.74. The molecule has 1 atom stereocenters. The van der Waals surface area contributed by atoms with E-state index >= 15 is 0 Å². The van der Waals surface area contributed by atoms with Crippen LogP contribution in [-0.4, -0.2) is 50.7 Å². The highest BCUT2D eigenvalue weighted by Gasteiger charge is 2.17. The van der Waals surface area contributed by atoms with Crippen molar-refractivity contribution in [3.8, 4) is 11.5 Å². The Morgan fingerprint density at radius 1 is 1.07 bits per heavy atom. The van der Waals surface area contributed by atoms with Gasteiger partial charge in [-0.25, -0.2) is 0 Å². The molecule has 2 aromatic carbocycles. The zero-order valence-corrected chi connectivity index (χ0v) is 16.1. The summed E-state index contributed by atoms with van der Waals surface area (Å²) >= 11 is 0. The normalized spacial score (nSPS) is 12.2. The van der Waals surface area contributed by atoms with Gasteiger partial charge in [-0.3, -0.25) is 4.79 Å². The van der Waals surface area contributed by atoms with Crippen LogP contribution in [0.15, 0.2) is 48.5 Å². The van der Waals surface area contributed by atoms with E-state index in [1.54, 1.807) is 14.2 Å². The van der Waals surface area contributed by atoms with Crippen molar-refractivity contribution in [1.82, 2.24) is 15.2 Å². The quantitative estimate of drug-likeness (QED) is 0.673. The lowest BCUT2D eigenvalue weighted by Crippen LogP contribution is -2.34. The maximum atomic E-state index is 12.6. The topological polar surface area (TPSA) is 66.6 Å². The number of carbonyl (C=O) groups excluding carboxylic acids is 1. The van der Waals surface area contributed by atoms with Crippen LogP contribution >= 0.6 is 0 Å². The largest absolute Gasteiger partial charge is 0.497 e. The second kappa shape index (κ2) is 8.14. The van der Waals surface area contributed by atoms with E-state index in [0.717, 1.165) is 28.0 Å². The summed E-state index contributed by atoms with van der Waals surface area (Å²) in [5.41, 5.74) is 2.49. The average molecular weight is 367 g/mol. The third-order valence-corrected chi connectivity index (χ3v) is 4.63. The zero-order valence-electron chi connectivity index (χ0n) is 16.1. The molecule has 0 radical (unpaired) electrons. The van der Waals surface area contributed by atoms with Gasteiger partial charge < -0.3 is 24.7 Å². The number of carbonyl (C=O) groups is 1. The first kappa shape index (κ1) is 18.8. The molecule has 3 rings (SSSR count). The Morgan fingerprint density at radius 2 is 1.81 bits per heavy atom. The molecule has 1 amide bonds. The van der Waals surface area contributed by atoms with Gasteiger partial charge in [-0.2, -0.15) is 0 Å². The van der Waals surface area contributed by atoms with Gasteiger partial charge in [0.25, 0.3) is 5.91 Å². The molecule has 0 fully saturated rings. The number of ether oxygens (including phenoxy) is 2. The molecular weight excluding hydrogens is 342 g/mol. The predicted molar refractivity (Wildman–Crippen MR) is 107 cm³/mol. The van der Waals surface area contributed by atoms with Crippen LogP contribution in [0.5, 0.6) is 11.5 Å². The molecule has 0 bridgehead atoms. The molecule has 0 aliphatic rings. The summed E-state index contributed by atoms with van der Waals surface area (Å²) in [7, 11) is 7.26. The number of amides is 1. The van der Waals surface area contributed by atoms with E-state index in [-0.39, 0.29) is 11.9 Å². The minimum absolute atomic E-state index is 0.0357. The molecule has 0 aliphatic heterocycles. The fraction of sp³-hybridized carbons (Fsp3) is 0.286. The van der Waals surface area contributed by atoms with Crippen LogP contribution in [0.1, 0.15) is 22.1 Å². The summed E-state index contributed by atoms with van der Waals surface area (Å²) in [6.07, 6.45) is 0. The van der Waals surface area contributed by atoms with E-state index in [9.17, 15) is 4.79 Å². The first-order valence-electron chi connectivity index (χ1n) is 8.77. The van der Waals surface area contributed by atoms with Gasteiger partial charge in [0.15, 0.2) is 0 Å². The van der Waals surface area contributed by atoms with Gasteiger partial charge in [0.05, 0.1) is 20.3 Å². The highest BCUT2D eigenvalue weighted by molar-refractivity contribution is 5.98. The van der Waals surface area contributed by atoms with Crippen LogP contribution in [0.25, 0.3) is 10.9 Å². The highest BCUT2D eigenvalue weighted by atomic mass is 16.5. The van der Waals surface area contributed by atoms with Crippen molar-refractivity contribution in [3.05, 3.63) is 59.8 Å². The summed E-state index contributed by atoms with van der Waals surface area (Å²) in [6.45, 7) is 0.484. The molecule has 1 unspecified atom stereocenters. The Hall–Kier alpha value is -2.99. The number of nitrogens with zero attached hydrogens (tertiary/aromatic N) is 1. The second-order valence-electron chi connectivity index (χ2n) is 6.60. The van der Waals surface area contributed by atoms with E-state index in [1.807, 2.05) is 62.6 Å². The Labute approximate surface area is 159 Å². The molecule has 2 N–H and O–H groups in total. The van der Waals surface area contributed by atoms with Gasteiger partial charge in [-0.1, -0.05) is 12.1 Å². The number of aromatic amines is 1. The van der Waals surface area contributed by atoms with Crippen LogP contribution in [0, 0.1) is 0 Å². The van der Waals surface area contributed by atoms with Crippen molar-refractivity contribution in [1.29, 1.82) is 0 Å². The number of methoxy groups -OCH3 is 2. The Morgan fingerprint density at radius 3 is 2.52 bits per heavy atom. The molecule has 142 valence electrons. The fourth-order valence-electron chi connectivity index (χ4n) is 3.09. The van der Waals surface area contributed by atoms with E-state index in [2.05, 4.69) is 15.2 Å². The van der Waals surface area contributed by atoms with E-state index < -0.39 is 0 Å². The van der Waals surface area contributed by atoms with Gasteiger partial charge in [0, 0.05) is 23.5 Å². The first-order valence-corrected chi connectivity index (χ1v) is 8.77. The maximum Gasteiger partial charge on any atom is 0.267 e. The third-order valence-electron chi connectivity index (χ3n) is 4.63. The number of aromatic nitrogens is 1. The van der Waals surface area contributed by atoms with Crippen molar-refractivity contribution in [2.75, 3.05) is 34.9 Å². The molecule has 6 heteroatoms. The Bertz CT molecular complexity index is 933. The van der Waals surface area contributed by atoms with Gasteiger partial charge in [-0.15, -0.1) is 0 Å². The predicted octanol–water partition coefficient (Wildman–Crippen LogP) is 3.22. The first-order chi connectivity index (χ1) is 13.0. The fourth-order valence-corrected chi connectivity index (χ4v) is 3.09. The highest BCUT2D eigenvalue weighted by Crippen LogP contribution is 2.23. The molecule has 0 saturated heterocycles. The van der Waals surface area contributed by atoms with Crippen molar-refractivity contribution in [3.63, 3.8) is 0 Å². The number of hydrogen-bond acceptors (Lipinski definition) is 4. The number of likely N-dealkylation sites (N-methyl/N-ethyl adjacent to an activating group) is 1. The average Bonchev–Trinajstić information content (AvgIpc) is 3.11. The molecular formula is C21H25N3O3. The molecule has 1 aromatic heterocycles. The third kappa shape index (κ3) is 4.23. The molecule has 1 heterocycles. The molecule has 27 heavy (non-hydrogen) atoms. The summed E-state index contributed by atoms with van der Waals surface area (Å²) < 4.78 is 10.5. The maximum absolute atomic E-state index is 12.6. The van der Waals surface area contributed by atoms with Crippen molar-refractivity contribution in [2.45, 2.75) is 6.04 Å². The van der Waals surface area contributed by atoms with Crippen molar-refractivity contribution >= 4 is 16.8 Å². The van der Waals surface area contributed by atoms with Crippen molar-refractivity contribution in [2.24, 2.45) is 0 Å². The smallest absolute Gasteiger partial charge is 0.267 e. The summed E-state index contributed by atoms with van der Waals surface area (Å²) in [5.74, 6) is 1.41. The summed E-state index contributed by atoms with van der Waals surface area (Å²) in [6, 6.07) is 15.5. The minimum atomic E-state index is -0.139. The van der Waals surface area contributed by atoms with Gasteiger partial charge >= 0.3 is 0 Å². The molecule has 0 saturated carbocycles. The molecule has 0 aliphatic carbocycles. The van der Waals surface area contributed by atoms with E-state index in [1.165, 1.54) is 0 Å². The second-order valence-corrected chi connectivity index (χ2v) is 6.60. The van der Waals surface area contributed by atoms with Crippen LogP contribution < -0.4 is 14.8 Å². The summed E-state index contributed by atoms with van der Waals surface area (Å²) in [4.78, 5) is 17.9. The Kier molecular flexibility index (Phi) is 5.66. The van der Waals surface area contributed by atoms with Gasteiger partial charge in [0.1, 0.15) is 17.2 Å². The van der Waals surface area contributed by atoms with Crippen molar-refractivity contribution < 1.29 is 14.3 Å². The van der Waals surface area contributed by atoms with Crippen LogP contribution in [-0.2, 0) is 0 Å². The number of rotatable bonds is 7. The molecule has 3 aromatic rings. The number of hydrogen-bond donors (Lipinski definition) is 2. The SMILES string of the molecule is COc1cccc(C(CNC(=O)c2cc3ccc(OC)cc3[nH]2)N(C)C)c1. The number of benzene rings is 2. The lowest BCUT2D eigenvalue weighted by Gasteiger charge is -2.25. The lowest BCUT2D eigenvalue weighted by molar-refractivity contribution is 0.0937.